The highest BCUT2D eigenvalue weighted by atomic mass is 32.2. The minimum Gasteiger partial charge on any atom is -0.385 e. The smallest absolute Gasteiger partial charge is 0.251 e. The molecule has 0 aromatic heterocycles. The molecule has 1 aromatic carbocycles. The SMILES string of the molecule is COCCCNC(=O)c1ccc(F)c(S(N)(=O)=O)c1. The molecule has 0 aliphatic rings. The molecule has 0 bridgehead atoms. The highest BCUT2D eigenvalue weighted by Crippen LogP contribution is 2.14. The Hall–Kier alpha value is -1.51. The Morgan fingerprint density at radius 3 is 2.74 bits per heavy atom. The Morgan fingerprint density at radius 1 is 1.47 bits per heavy atom. The molecule has 0 atom stereocenters. The van der Waals surface area contributed by atoms with E-state index in [1.54, 1.807) is 7.11 Å². The molecule has 0 aliphatic carbocycles. The maximum absolute atomic E-state index is 13.3. The summed E-state index contributed by atoms with van der Waals surface area (Å²) in [5.74, 6) is -1.49. The summed E-state index contributed by atoms with van der Waals surface area (Å²) < 4.78 is 40.3. The van der Waals surface area contributed by atoms with E-state index in [2.05, 4.69) is 5.32 Å². The first-order valence-corrected chi connectivity index (χ1v) is 7.00. The third-order valence-corrected chi connectivity index (χ3v) is 3.24. The van der Waals surface area contributed by atoms with Crippen molar-refractivity contribution in [3.05, 3.63) is 29.6 Å². The van der Waals surface area contributed by atoms with Crippen LogP contribution in [0, 0.1) is 5.82 Å². The number of primary sulfonamides is 1. The molecule has 0 fully saturated rings. The topological polar surface area (TPSA) is 98.5 Å². The highest BCUT2D eigenvalue weighted by Gasteiger charge is 2.17. The molecule has 8 heteroatoms. The molecule has 0 aliphatic heterocycles. The Kier molecular flexibility index (Phi) is 5.40. The minimum absolute atomic E-state index is 0.0304. The molecule has 3 N–H and O–H groups in total. The van der Waals surface area contributed by atoms with Gasteiger partial charge in [-0.1, -0.05) is 0 Å². The van der Waals surface area contributed by atoms with Crippen molar-refractivity contribution < 1.29 is 22.3 Å². The molecule has 0 heterocycles. The summed E-state index contributed by atoms with van der Waals surface area (Å²) in [6, 6.07) is 3.00. The van der Waals surface area contributed by atoms with E-state index in [0.29, 0.717) is 19.6 Å². The average Bonchev–Trinajstić information content (AvgIpc) is 2.33. The van der Waals surface area contributed by atoms with Crippen molar-refractivity contribution in [3.8, 4) is 0 Å². The number of sulfonamides is 1. The number of amides is 1. The van der Waals surface area contributed by atoms with E-state index in [-0.39, 0.29) is 5.56 Å². The zero-order valence-electron chi connectivity index (χ0n) is 10.3. The van der Waals surface area contributed by atoms with Gasteiger partial charge in [0.1, 0.15) is 10.7 Å². The van der Waals surface area contributed by atoms with Crippen LogP contribution in [0.4, 0.5) is 4.39 Å². The van der Waals surface area contributed by atoms with Crippen LogP contribution in [0.2, 0.25) is 0 Å². The summed E-state index contributed by atoms with van der Waals surface area (Å²) >= 11 is 0. The van der Waals surface area contributed by atoms with Crippen molar-refractivity contribution in [2.75, 3.05) is 20.3 Å². The molecule has 0 saturated carbocycles. The number of carbonyl (C=O) groups excluding carboxylic acids is 1. The van der Waals surface area contributed by atoms with Crippen LogP contribution in [0.25, 0.3) is 0 Å². The van der Waals surface area contributed by atoms with E-state index in [0.717, 1.165) is 12.1 Å². The Labute approximate surface area is 110 Å². The number of hydrogen-bond donors (Lipinski definition) is 2. The second-order valence-electron chi connectivity index (χ2n) is 3.79. The number of carbonyl (C=O) groups is 1. The van der Waals surface area contributed by atoms with Gasteiger partial charge in [-0.05, 0) is 24.6 Å². The molecule has 1 aromatic rings. The van der Waals surface area contributed by atoms with Crippen molar-refractivity contribution in [2.24, 2.45) is 5.14 Å². The van der Waals surface area contributed by atoms with Crippen molar-refractivity contribution in [2.45, 2.75) is 11.3 Å². The number of methoxy groups -OCH3 is 1. The lowest BCUT2D eigenvalue weighted by Gasteiger charge is -2.06. The van der Waals surface area contributed by atoms with E-state index in [4.69, 9.17) is 9.88 Å². The lowest BCUT2D eigenvalue weighted by Crippen LogP contribution is -2.26. The summed E-state index contributed by atoms with van der Waals surface area (Å²) in [4.78, 5) is 11.0. The lowest BCUT2D eigenvalue weighted by molar-refractivity contribution is 0.0948. The standard InChI is InChI=1S/C11H15FN2O4S/c1-18-6-2-5-14-11(15)8-3-4-9(12)10(7-8)19(13,16)17/h3-4,7H,2,5-6H2,1H3,(H,14,15)(H2,13,16,17). The van der Waals surface area contributed by atoms with Crippen LogP contribution in [0.15, 0.2) is 23.1 Å². The molecule has 19 heavy (non-hydrogen) atoms. The molecule has 0 unspecified atom stereocenters. The molecular formula is C11H15FN2O4S. The van der Waals surface area contributed by atoms with E-state index in [9.17, 15) is 17.6 Å². The number of ether oxygens (including phenoxy) is 1. The largest absolute Gasteiger partial charge is 0.385 e. The van der Waals surface area contributed by atoms with Crippen LogP contribution in [0.5, 0.6) is 0 Å². The number of benzene rings is 1. The monoisotopic (exact) mass is 290 g/mol. The van der Waals surface area contributed by atoms with Gasteiger partial charge in [0.15, 0.2) is 0 Å². The van der Waals surface area contributed by atoms with Gasteiger partial charge in [-0.15, -0.1) is 0 Å². The van der Waals surface area contributed by atoms with Crippen molar-refractivity contribution in [1.82, 2.24) is 5.32 Å². The molecular weight excluding hydrogens is 275 g/mol. The molecule has 106 valence electrons. The van der Waals surface area contributed by atoms with Gasteiger partial charge in [-0.3, -0.25) is 4.79 Å². The van der Waals surface area contributed by atoms with Crippen LogP contribution in [-0.2, 0) is 14.8 Å². The fraction of sp³-hybridized carbons (Fsp3) is 0.364. The van der Waals surface area contributed by atoms with Crippen LogP contribution in [0.3, 0.4) is 0 Å². The van der Waals surface area contributed by atoms with E-state index >= 15 is 0 Å². The van der Waals surface area contributed by atoms with Gasteiger partial charge in [0.25, 0.3) is 5.91 Å². The summed E-state index contributed by atoms with van der Waals surface area (Å²) in [6.07, 6.45) is 0.617. The molecule has 1 amide bonds. The molecule has 6 nitrogen and oxygen atoms in total. The number of nitrogens with two attached hydrogens (primary N) is 1. The fourth-order valence-corrected chi connectivity index (χ4v) is 2.01. The van der Waals surface area contributed by atoms with Crippen molar-refractivity contribution in [3.63, 3.8) is 0 Å². The van der Waals surface area contributed by atoms with Crippen LogP contribution < -0.4 is 10.5 Å². The minimum atomic E-state index is -4.19. The first-order chi connectivity index (χ1) is 8.86. The predicted molar refractivity (Wildman–Crippen MR) is 66.6 cm³/mol. The van der Waals surface area contributed by atoms with E-state index in [1.807, 2.05) is 0 Å². The highest BCUT2D eigenvalue weighted by molar-refractivity contribution is 7.89. The van der Waals surface area contributed by atoms with Crippen molar-refractivity contribution >= 4 is 15.9 Å². The summed E-state index contributed by atoms with van der Waals surface area (Å²) in [5, 5.41) is 7.41. The third-order valence-electron chi connectivity index (χ3n) is 2.31. The lowest BCUT2D eigenvalue weighted by atomic mass is 10.2. The maximum atomic E-state index is 13.3. The van der Waals surface area contributed by atoms with Gasteiger partial charge in [0, 0.05) is 25.8 Å². The predicted octanol–water partition coefficient (Wildman–Crippen LogP) is 0.239. The zero-order valence-corrected chi connectivity index (χ0v) is 11.2. The third kappa shape index (κ3) is 4.58. The normalized spacial score (nSPS) is 11.3. The first kappa shape index (κ1) is 15.5. The number of rotatable bonds is 6. The van der Waals surface area contributed by atoms with Crippen LogP contribution >= 0.6 is 0 Å². The Balaban J connectivity index is 2.82. The zero-order chi connectivity index (χ0) is 14.5. The second kappa shape index (κ2) is 6.60. The van der Waals surface area contributed by atoms with Gasteiger partial charge in [-0.2, -0.15) is 0 Å². The van der Waals surface area contributed by atoms with Gasteiger partial charge < -0.3 is 10.1 Å². The average molecular weight is 290 g/mol. The summed E-state index contributed by atoms with van der Waals surface area (Å²) in [7, 11) is -2.65. The number of halogens is 1. The van der Waals surface area contributed by atoms with Gasteiger partial charge in [-0.25, -0.2) is 17.9 Å². The van der Waals surface area contributed by atoms with Crippen LogP contribution in [0.1, 0.15) is 16.8 Å². The maximum Gasteiger partial charge on any atom is 0.251 e. The number of hydrogen-bond acceptors (Lipinski definition) is 4. The number of nitrogens with one attached hydrogen (secondary N) is 1. The first-order valence-electron chi connectivity index (χ1n) is 5.45. The summed E-state index contributed by atoms with van der Waals surface area (Å²) in [6.45, 7) is 0.862. The molecule has 0 radical (unpaired) electrons. The second-order valence-corrected chi connectivity index (χ2v) is 5.32. The fourth-order valence-electron chi connectivity index (χ4n) is 1.38. The Bertz CT molecular complexity index is 560. The quantitative estimate of drug-likeness (QED) is 0.733. The van der Waals surface area contributed by atoms with Crippen LogP contribution in [-0.4, -0.2) is 34.6 Å². The van der Waals surface area contributed by atoms with E-state index in [1.165, 1.54) is 6.07 Å². The van der Waals surface area contributed by atoms with E-state index < -0.39 is 26.6 Å². The Morgan fingerprint density at radius 2 is 2.16 bits per heavy atom. The van der Waals surface area contributed by atoms with Gasteiger partial charge >= 0.3 is 0 Å². The van der Waals surface area contributed by atoms with Gasteiger partial charge in [0.2, 0.25) is 10.0 Å². The molecule has 0 saturated heterocycles. The molecule has 1 rings (SSSR count). The van der Waals surface area contributed by atoms with Gasteiger partial charge in [0.05, 0.1) is 0 Å². The van der Waals surface area contributed by atoms with Crippen molar-refractivity contribution in [1.29, 1.82) is 0 Å². The molecule has 0 spiro atoms. The summed E-state index contributed by atoms with van der Waals surface area (Å²) in [5.41, 5.74) is 0.0304.